The van der Waals surface area contributed by atoms with Gasteiger partial charge in [-0.1, -0.05) is 0 Å². The Morgan fingerprint density at radius 2 is 1.67 bits per heavy atom. The van der Waals surface area contributed by atoms with Crippen molar-refractivity contribution in [2.24, 2.45) is 0 Å². The van der Waals surface area contributed by atoms with Gasteiger partial charge in [0.25, 0.3) is 0 Å². The van der Waals surface area contributed by atoms with Crippen molar-refractivity contribution in [3.8, 4) is 5.75 Å². The Hall–Kier alpha value is -1.22. The lowest BCUT2D eigenvalue weighted by molar-refractivity contribution is 0.399. The number of aliphatic hydroxyl groups is 1. The number of rotatable bonds is 2. The van der Waals surface area contributed by atoms with Crippen LogP contribution in [0.15, 0.2) is 24.3 Å². The number of hydrogen-bond acceptors (Lipinski definition) is 3. The molecule has 0 atom stereocenters. The minimum Gasteiger partial charge on any atom is -0.508 e. The van der Waals surface area contributed by atoms with Gasteiger partial charge in [0.05, 0.1) is 0 Å². The average molecular weight is 169 g/mol. The number of aliphatic hydroxyl groups excluding tert-OH is 1. The van der Waals surface area contributed by atoms with Gasteiger partial charge < -0.3 is 15.5 Å². The van der Waals surface area contributed by atoms with Crippen LogP contribution in [0.5, 0.6) is 5.75 Å². The molecule has 0 fully saturated rings. The van der Waals surface area contributed by atoms with Crippen LogP contribution in [-0.2, 0) is 0 Å². The first-order valence-electron chi connectivity index (χ1n) is 3.80. The average Bonchev–Trinajstić information content (AvgIpc) is 2.13. The zero-order valence-electron chi connectivity index (χ0n) is 7.41. The van der Waals surface area contributed by atoms with Crippen molar-refractivity contribution in [1.82, 2.24) is 0 Å². The summed E-state index contributed by atoms with van der Waals surface area (Å²) < 4.78 is 0. The highest BCUT2D eigenvalue weighted by Gasteiger charge is 1.87. The maximum absolute atomic E-state index is 8.90. The highest BCUT2D eigenvalue weighted by molar-refractivity contribution is 5.45. The molecule has 1 aromatic carbocycles. The van der Waals surface area contributed by atoms with Gasteiger partial charge in [0.2, 0.25) is 0 Å². The molecule has 0 radical (unpaired) electrons. The topological polar surface area (TPSA) is 52.5 Å². The van der Waals surface area contributed by atoms with Crippen molar-refractivity contribution < 1.29 is 10.2 Å². The van der Waals surface area contributed by atoms with Crippen LogP contribution in [0.2, 0.25) is 0 Å². The quantitative estimate of drug-likeness (QED) is 0.587. The smallest absolute Gasteiger partial charge is 0.115 e. The molecular formula is C9H15NO2. The fraction of sp³-hybridized carbons (Fsp3) is 0.333. The molecule has 0 bridgehead atoms. The summed E-state index contributed by atoms with van der Waals surface area (Å²) >= 11 is 0. The molecule has 0 heterocycles. The van der Waals surface area contributed by atoms with Crippen molar-refractivity contribution in [1.29, 1.82) is 0 Å². The molecule has 0 aliphatic rings. The summed E-state index contributed by atoms with van der Waals surface area (Å²) in [7, 11) is 1.00. The van der Waals surface area contributed by atoms with E-state index in [1.165, 1.54) is 0 Å². The van der Waals surface area contributed by atoms with E-state index in [0.717, 1.165) is 19.3 Å². The highest BCUT2D eigenvalue weighted by Crippen LogP contribution is 2.12. The van der Waals surface area contributed by atoms with Crippen LogP contribution in [0, 0.1) is 0 Å². The molecule has 1 rings (SSSR count). The van der Waals surface area contributed by atoms with E-state index in [-0.39, 0.29) is 0 Å². The van der Waals surface area contributed by atoms with E-state index in [2.05, 4.69) is 5.32 Å². The third-order valence-electron chi connectivity index (χ3n) is 1.25. The molecule has 0 aromatic heterocycles. The van der Waals surface area contributed by atoms with Crippen LogP contribution in [0.1, 0.15) is 6.92 Å². The fourth-order valence-corrected chi connectivity index (χ4v) is 0.783. The summed E-state index contributed by atoms with van der Waals surface area (Å²) in [6.45, 7) is 2.94. The molecule has 0 saturated carbocycles. The van der Waals surface area contributed by atoms with Crippen LogP contribution in [0.3, 0.4) is 0 Å². The highest BCUT2D eigenvalue weighted by atomic mass is 16.3. The second-order valence-electron chi connectivity index (χ2n) is 2.08. The Bertz CT molecular complexity index is 196. The Morgan fingerprint density at radius 1 is 1.17 bits per heavy atom. The van der Waals surface area contributed by atoms with Gasteiger partial charge in [0, 0.05) is 19.3 Å². The van der Waals surface area contributed by atoms with Crippen LogP contribution in [0.4, 0.5) is 5.69 Å². The first kappa shape index (κ1) is 10.8. The zero-order valence-corrected chi connectivity index (χ0v) is 7.41. The summed E-state index contributed by atoms with van der Waals surface area (Å²) in [5.41, 5.74) is 1.04. The number of phenolic OH excluding ortho intramolecular Hbond substituents is 1. The Balaban J connectivity index is 0.000000561. The summed E-state index contributed by atoms with van der Waals surface area (Å²) in [6.07, 6.45) is 0. The summed E-state index contributed by atoms with van der Waals surface area (Å²) in [6, 6.07) is 7.02. The molecule has 0 saturated heterocycles. The molecule has 0 aliphatic heterocycles. The molecule has 68 valence electrons. The van der Waals surface area contributed by atoms with Crippen LogP contribution >= 0.6 is 0 Å². The van der Waals surface area contributed by atoms with Gasteiger partial charge >= 0.3 is 0 Å². The molecule has 3 heteroatoms. The number of benzene rings is 1. The van der Waals surface area contributed by atoms with Crippen molar-refractivity contribution in [2.45, 2.75) is 6.92 Å². The van der Waals surface area contributed by atoms with Crippen molar-refractivity contribution in [3.63, 3.8) is 0 Å². The molecule has 3 nitrogen and oxygen atoms in total. The third kappa shape index (κ3) is 3.83. The van der Waals surface area contributed by atoms with Gasteiger partial charge in [0.1, 0.15) is 5.75 Å². The van der Waals surface area contributed by atoms with Gasteiger partial charge in [-0.05, 0) is 31.2 Å². The predicted octanol–water partition coefficient (Wildman–Crippen LogP) is 1.43. The maximum Gasteiger partial charge on any atom is 0.115 e. The number of hydrogen-bond donors (Lipinski definition) is 3. The van der Waals surface area contributed by atoms with Gasteiger partial charge in [0.15, 0.2) is 0 Å². The second-order valence-corrected chi connectivity index (χ2v) is 2.08. The van der Waals surface area contributed by atoms with Crippen LogP contribution in [0.25, 0.3) is 0 Å². The maximum atomic E-state index is 8.90. The lowest BCUT2D eigenvalue weighted by atomic mass is 10.3. The molecule has 3 N–H and O–H groups in total. The Morgan fingerprint density at radius 3 is 2.08 bits per heavy atom. The molecule has 1 aromatic rings. The van der Waals surface area contributed by atoms with E-state index in [1.54, 1.807) is 12.1 Å². The van der Waals surface area contributed by atoms with Crippen molar-refractivity contribution in [2.75, 3.05) is 19.0 Å². The molecule has 12 heavy (non-hydrogen) atoms. The minimum absolute atomic E-state index is 0.307. The summed E-state index contributed by atoms with van der Waals surface area (Å²) in [4.78, 5) is 0. The lowest BCUT2D eigenvalue weighted by Gasteiger charge is -2.00. The monoisotopic (exact) mass is 169 g/mol. The van der Waals surface area contributed by atoms with Gasteiger partial charge in [-0.25, -0.2) is 0 Å². The molecular weight excluding hydrogens is 154 g/mol. The van der Waals surface area contributed by atoms with Gasteiger partial charge in [-0.3, -0.25) is 0 Å². The van der Waals surface area contributed by atoms with E-state index >= 15 is 0 Å². The molecule has 0 aliphatic carbocycles. The lowest BCUT2D eigenvalue weighted by Crippen LogP contribution is -1.94. The van der Waals surface area contributed by atoms with E-state index in [4.69, 9.17) is 10.2 Å². The van der Waals surface area contributed by atoms with Crippen molar-refractivity contribution >= 4 is 5.69 Å². The molecule has 0 amide bonds. The van der Waals surface area contributed by atoms with E-state index in [1.807, 2.05) is 19.1 Å². The number of anilines is 1. The van der Waals surface area contributed by atoms with Gasteiger partial charge in [-0.15, -0.1) is 0 Å². The molecule has 0 spiro atoms. The molecule has 0 unspecified atom stereocenters. The van der Waals surface area contributed by atoms with Crippen LogP contribution in [-0.4, -0.2) is 23.9 Å². The zero-order chi connectivity index (χ0) is 9.40. The van der Waals surface area contributed by atoms with Crippen LogP contribution < -0.4 is 5.32 Å². The fourth-order valence-electron chi connectivity index (χ4n) is 0.783. The SMILES string of the molecule is CCNc1ccc(O)cc1.CO. The third-order valence-corrected chi connectivity index (χ3v) is 1.25. The normalized spacial score (nSPS) is 8.25. The van der Waals surface area contributed by atoms with Gasteiger partial charge in [-0.2, -0.15) is 0 Å². The summed E-state index contributed by atoms with van der Waals surface area (Å²) in [5.74, 6) is 0.307. The standard InChI is InChI=1S/C8H11NO.CH4O/c1-2-9-7-3-5-8(10)6-4-7;1-2/h3-6,9-10H,2H2,1H3;2H,1H3. The largest absolute Gasteiger partial charge is 0.508 e. The number of nitrogens with one attached hydrogen (secondary N) is 1. The minimum atomic E-state index is 0.307. The van der Waals surface area contributed by atoms with E-state index < -0.39 is 0 Å². The second kappa shape index (κ2) is 6.49. The number of phenols is 1. The summed E-state index contributed by atoms with van der Waals surface area (Å²) in [5, 5.41) is 19.0. The Labute approximate surface area is 72.7 Å². The van der Waals surface area contributed by atoms with E-state index in [9.17, 15) is 0 Å². The number of aromatic hydroxyl groups is 1. The first-order chi connectivity index (χ1) is 5.83. The van der Waals surface area contributed by atoms with E-state index in [0.29, 0.717) is 5.75 Å². The Kier molecular flexibility index (Phi) is 5.83. The predicted molar refractivity (Wildman–Crippen MR) is 50.4 cm³/mol. The van der Waals surface area contributed by atoms with Crippen molar-refractivity contribution in [3.05, 3.63) is 24.3 Å². The first-order valence-corrected chi connectivity index (χ1v) is 3.80.